The van der Waals surface area contributed by atoms with E-state index in [-0.39, 0.29) is 27.5 Å². The summed E-state index contributed by atoms with van der Waals surface area (Å²) >= 11 is 2.78. The smallest absolute Gasteiger partial charge is 0.277 e. The molecule has 1 saturated heterocycles. The molecule has 0 unspecified atom stereocenters. The van der Waals surface area contributed by atoms with Gasteiger partial charge in [0.05, 0.1) is 10.6 Å². The molecule has 0 spiro atoms. The maximum atomic E-state index is 12.9. The van der Waals surface area contributed by atoms with Crippen LogP contribution in [0.4, 0.5) is 0 Å². The number of aromatic nitrogens is 2. The monoisotopic (exact) mass is 477 g/mol. The second-order valence-electron chi connectivity index (χ2n) is 7.40. The number of Topliss-reactive ketones (excluding diaryl/α,β-unsaturated/α-hetero) is 1. The maximum absolute atomic E-state index is 12.9. The van der Waals surface area contributed by atoms with E-state index in [9.17, 15) is 13.2 Å². The number of thioether (sulfide) groups is 1. The minimum atomic E-state index is -3.55. The molecule has 164 valence electrons. The standard InChI is InChI=1S/C21H23N3O4S3/c1-14-11-18(15(2)30-14)19(25)13-29-21-23-22-20(28-21)16-7-6-8-17(12-16)31(26,27)24-9-4-3-5-10-24/h6-8,11-12H,3-5,9-10,13H2,1-2H3. The van der Waals surface area contributed by atoms with Crippen molar-refractivity contribution < 1.29 is 17.6 Å². The van der Waals surface area contributed by atoms with E-state index in [0.717, 1.165) is 34.6 Å². The van der Waals surface area contributed by atoms with Gasteiger partial charge in [0.2, 0.25) is 15.9 Å². The highest BCUT2D eigenvalue weighted by molar-refractivity contribution is 7.99. The fraction of sp³-hybridized carbons (Fsp3) is 0.381. The minimum absolute atomic E-state index is 0.0150. The zero-order chi connectivity index (χ0) is 22.0. The Kier molecular flexibility index (Phi) is 6.61. The molecule has 0 N–H and O–H groups in total. The summed E-state index contributed by atoms with van der Waals surface area (Å²) in [5.41, 5.74) is 1.26. The van der Waals surface area contributed by atoms with Gasteiger partial charge in [-0.25, -0.2) is 8.42 Å². The lowest BCUT2D eigenvalue weighted by Crippen LogP contribution is -2.35. The quantitative estimate of drug-likeness (QED) is 0.364. The Morgan fingerprint density at radius 2 is 1.94 bits per heavy atom. The van der Waals surface area contributed by atoms with Crippen molar-refractivity contribution in [2.24, 2.45) is 0 Å². The number of carbonyl (C=O) groups is 1. The second kappa shape index (κ2) is 9.23. The van der Waals surface area contributed by atoms with Crippen LogP contribution in [0.25, 0.3) is 11.5 Å². The molecule has 7 nitrogen and oxygen atoms in total. The van der Waals surface area contributed by atoms with Gasteiger partial charge in [-0.1, -0.05) is 24.2 Å². The number of carbonyl (C=O) groups excluding carboxylic acids is 1. The van der Waals surface area contributed by atoms with Gasteiger partial charge in [0.25, 0.3) is 5.22 Å². The van der Waals surface area contributed by atoms with Crippen LogP contribution < -0.4 is 0 Å². The first kappa shape index (κ1) is 22.2. The van der Waals surface area contributed by atoms with Crippen LogP contribution in [-0.2, 0) is 10.0 Å². The molecule has 2 aromatic heterocycles. The van der Waals surface area contributed by atoms with Crippen LogP contribution in [0.2, 0.25) is 0 Å². The normalized spacial score (nSPS) is 15.3. The summed E-state index contributed by atoms with van der Waals surface area (Å²) < 4.78 is 33.1. The lowest BCUT2D eigenvalue weighted by Gasteiger charge is -2.25. The summed E-state index contributed by atoms with van der Waals surface area (Å²) in [5, 5.41) is 8.32. The predicted octanol–water partition coefficient (Wildman–Crippen LogP) is 4.56. The van der Waals surface area contributed by atoms with Crippen molar-refractivity contribution in [3.8, 4) is 11.5 Å². The largest absolute Gasteiger partial charge is 0.411 e. The van der Waals surface area contributed by atoms with Crippen LogP contribution in [0.5, 0.6) is 0 Å². The van der Waals surface area contributed by atoms with Crippen molar-refractivity contribution in [2.75, 3.05) is 18.8 Å². The van der Waals surface area contributed by atoms with Crippen molar-refractivity contribution in [2.45, 2.75) is 43.2 Å². The Morgan fingerprint density at radius 1 is 1.16 bits per heavy atom. The van der Waals surface area contributed by atoms with E-state index in [0.29, 0.717) is 18.7 Å². The molecule has 1 fully saturated rings. The fourth-order valence-corrected chi connectivity index (χ4v) is 6.69. The molecule has 31 heavy (non-hydrogen) atoms. The van der Waals surface area contributed by atoms with Gasteiger partial charge in [0, 0.05) is 34.0 Å². The van der Waals surface area contributed by atoms with Gasteiger partial charge < -0.3 is 4.42 Å². The van der Waals surface area contributed by atoms with E-state index in [2.05, 4.69) is 10.2 Å². The van der Waals surface area contributed by atoms with E-state index in [1.54, 1.807) is 35.6 Å². The van der Waals surface area contributed by atoms with Crippen LogP contribution >= 0.6 is 23.1 Å². The molecule has 1 aromatic carbocycles. The average molecular weight is 478 g/mol. The minimum Gasteiger partial charge on any atom is -0.411 e. The highest BCUT2D eigenvalue weighted by Gasteiger charge is 2.26. The number of piperidine rings is 1. The summed E-state index contributed by atoms with van der Waals surface area (Å²) in [7, 11) is -3.55. The molecule has 0 saturated carbocycles. The summed E-state index contributed by atoms with van der Waals surface area (Å²) in [6, 6.07) is 8.46. The maximum Gasteiger partial charge on any atom is 0.277 e. The Balaban J connectivity index is 1.47. The van der Waals surface area contributed by atoms with E-state index < -0.39 is 10.0 Å². The fourth-order valence-electron chi connectivity index (χ4n) is 3.54. The van der Waals surface area contributed by atoms with Gasteiger partial charge in [-0.05, 0) is 51.0 Å². The topological polar surface area (TPSA) is 93.4 Å². The first-order chi connectivity index (χ1) is 14.8. The van der Waals surface area contributed by atoms with E-state index in [1.165, 1.54) is 16.1 Å². The molecular formula is C21H23N3O4S3. The number of benzene rings is 1. The number of hydrogen-bond acceptors (Lipinski definition) is 8. The lowest BCUT2D eigenvalue weighted by atomic mass is 10.2. The van der Waals surface area contributed by atoms with Gasteiger partial charge in [0.15, 0.2) is 5.78 Å². The summed E-state index contributed by atoms with van der Waals surface area (Å²) in [6.45, 7) is 5.01. The van der Waals surface area contributed by atoms with Gasteiger partial charge in [-0.15, -0.1) is 21.5 Å². The molecule has 0 radical (unpaired) electrons. The van der Waals surface area contributed by atoms with Crippen molar-refractivity contribution in [3.63, 3.8) is 0 Å². The predicted molar refractivity (Wildman–Crippen MR) is 121 cm³/mol. The molecular weight excluding hydrogens is 454 g/mol. The van der Waals surface area contributed by atoms with Crippen LogP contribution in [0.1, 0.15) is 39.4 Å². The molecule has 10 heteroatoms. The van der Waals surface area contributed by atoms with Crippen LogP contribution in [-0.4, -0.2) is 47.5 Å². The molecule has 0 bridgehead atoms. The number of rotatable bonds is 7. The summed E-state index contributed by atoms with van der Waals surface area (Å²) in [6.07, 6.45) is 2.82. The number of nitrogens with zero attached hydrogens (tertiary/aromatic N) is 3. The first-order valence-electron chi connectivity index (χ1n) is 10.0. The molecule has 0 amide bonds. The molecule has 1 aliphatic rings. The van der Waals surface area contributed by atoms with E-state index >= 15 is 0 Å². The van der Waals surface area contributed by atoms with Gasteiger partial charge in [0.1, 0.15) is 0 Å². The third kappa shape index (κ3) is 4.92. The van der Waals surface area contributed by atoms with Gasteiger partial charge >= 0.3 is 0 Å². The van der Waals surface area contributed by atoms with Gasteiger partial charge in [-0.3, -0.25) is 4.79 Å². The molecule has 3 aromatic rings. The average Bonchev–Trinajstić information content (AvgIpc) is 3.38. The number of sulfonamides is 1. The third-order valence-corrected chi connectivity index (χ3v) is 8.79. The van der Waals surface area contributed by atoms with Crippen LogP contribution in [0, 0.1) is 13.8 Å². The van der Waals surface area contributed by atoms with Crippen LogP contribution in [0.3, 0.4) is 0 Å². The van der Waals surface area contributed by atoms with Crippen molar-refractivity contribution >= 4 is 38.9 Å². The zero-order valence-electron chi connectivity index (χ0n) is 17.3. The number of ketones is 1. The van der Waals surface area contributed by atoms with Crippen LogP contribution in [0.15, 0.2) is 44.9 Å². The number of thiophene rings is 1. The Bertz CT molecular complexity index is 1190. The van der Waals surface area contributed by atoms with Gasteiger partial charge in [-0.2, -0.15) is 4.31 Å². The summed E-state index contributed by atoms with van der Waals surface area (Å²) in [4.78, 5) is 14.8. The number of aryl methyl sites for hydroxylation is 2. The van der Waals surface area contributed by atoms with E-state index in [4.69, 9.17) is 4.42 Å². The second-order valence-corrected chi connectivity index (χ2v) is 11.7. The number of hydrogen-bond donors (Lipinski definition) is 0. The molecule has 1 aliphatic heterocycles. The summed E-state index contributed by atoms with van der Waals surface area (Å²) in [5.74, 6) is 0.441. The molecule has 0 aliphatic carbocycles. The lowest BCUT2D eigenvalue weighted by molar-refractivity contribution is 0.102. The van der Waals surface area contributed by atoms with E-state index in [1.807, 2.05) is 19.9 Å². The van der Waals surface area contributed by atoms with Crippen molar-refractivity contribution in [1.82, 2.24) is 14.5 Å². The Hall–Kier alpha value is -2.01. The Morgan fingerprint density at radius 3 is 2.65 bits per heavy atom. The molecule has 3 heterocycles. The highest BCUT2D eigenvalue weighted by Crippen LogP contribution is 2.28. The Labute approximate surface area is 189 Å². The first-order valence-corrected chi connectivity index (χ1v) is 13.3. The molecule has 4 rings (SSSR count). The molecule has 0 atom stereocenters. The third-order valence-electron chi connectivity index (χ3n) is 5.11. The SMILES string of the molecule is Cc1cc(C(=O)CSc2nnc(-c3cccc(S(=O)(=O)N4CCCCC4)c3)o2)c(C)s1. The van der Waals surface area contributed by atoms with Crippen molar-refractivity contribution in [1.29, 1.82) is 0 Å². The zero-order valence-corrected chi connectivity index (χ0v) is 19.8. The van der Waals surface area contributed by atoms with Crippen molar-refractivity contribution in [3.05, 3.63) is 45.6 Å². The highest BCUT2D eigenvalue weighted by atomic mass is 32.2.